The molecular weight excluding hydrogens is 306 g/mol. The Balaban J connectivity index is 1.77. The maximum atomic E-state index is 13.3. The van der Waals surface area contributed by atoms with Crippen LogP contribution in [0.5, 0.6) is 0 Å². The summed E-state index contributed by atoms with van der Waals surface area (Å²) in [7, 11) is 0. The van der Waals surface area contributed by atoms with Crippen LogP contribution in [-0.4, -0.2) is 45.6 Å². The molecule has 1 amide bonds. The fraction of sp³-hybridized carbons (Fsp3) is 0.400. The summed E-state index contributed by atoms with van der Waals surface area (Å²) in [6.07, 6.45) is 4.45. The van der Waals surface area contributed by atoms with Gasteiger partial charge in [-0.2, -0.15) is 0 Å². The van der Waals surface area contributed by atoms with E-state index in [2.05, 4.69) is 15.3 Å². The molecule has 0 spiro atoms. The number of hydrogen-bond acceptors (Lipinski definition) is 4. The van der Waals surface area contributed by atoms with E-state index >= 15 is 0 Å². The number of halogens is 2. The molecular formula is C15H16F2N4O2. The van der Waals surface area contributed by atoms with Crippen molar-refractivity contribution >= 4 is 5.91 Å². The second-order valence-electron chi connectivity index (χ2n) is 5.60. The number of amides is 1. The molecule has 0 bridgehead atoms. The highest BCUT2D eigenvalue weighted by Gasteiger charge is 2.38. The monoisotopic (exact) mass is 322 g/mol. The molecule has 1 aliphatic heterocycles. The van der Waals surface area contributed by atoms with Crippen molar-refractivity contribution in [3.05, 3.63) is 42.1 Å². The van der Waals surface area contributed by atoms with Crippen molar-refractivity contribution in [3.63, 3.8) is 0 Å². The number of carbonyl (C=O) groups is 1. The summed E-state index contributed by atoms with van der Waals surface area (Å²) in [6.45, 7) is 1.30. The van der Waals surface area contributed by atoms with E-state index in [4.69, 9.17) is 4.74 Å². The van der Waals surface area contributed by atoms with Gasteiger partial charge in [0.15, 0.2) is 0 Å². The van der Waals surface area contributed by atoms with Gasteiger partial charge in [-0.3, -0.25) is 9.36 Å². The molecule has 1 saturated heterocycles. The van der Waals surface area contributed by atoms with Crippen LogP contribution < -0.4 is 5.32 Å². The van der Waals surface area contributed by atoms with Crippen LogP contribution in [-0.2, 0) is 4.74 Å². The minimum Gasteiger partial charge on any atom is -0.373 e. The van der Waals surface area contributed by atoms with Gasteiger partial charge in [-0.25, -0.2) is 18.7 Å². The molecule has 1 unspecified atom stereocenters. The quantitative estimate of drug-likeness (QED) is 0.934. The molecule has 3 rings (SSSR count). The van der Waals surface area contributed by atoms with Crippen LogP contribution in [0.15, 0.2) is 30.9 Å². The topological polar surface area (TPSA) is 69.0 Å². The Kier molecular flexibility index (Phi) is 4.08. The number of aromatic nitrogens is 3. The van der Waals surface area contributed by atoms with Crippen molar-refractivity contribution in [2.75, 3.05) is 13.2 Å². The summed E-state index contributed by atoms with van der Waals surface area (Å²) in [5.74, 6) is -2.88. The normalized spacial score (nSPS) is 20.2. The minimum atomic E-state index is -2.92. The van der Waals surface area contributed by atoms with Gasteiger partial charge in [0.25, 0.3) is 11.8 Å². The molecule has 0 aliphatic carbocycles. The van der Waals surface area contributed by atoms with E-state index in [1.807, 2.05) is 6.92 Å². The van der Waals surface area contributed by atoms with Gasteiger partial charge in [-0.05, 0) is 24.6 Å². The average Bonchev–Trinajstić information content (AvgIpc) is 2.99. The number of rotatable bonds is 3. The van der Waals surface area contributed by atoms with Crippen LogP contribution in [0.25, 0.3) is 5.82 Å². The molecule has 0 aromatic carbocycles. The predicted molar refractivity (Wildman–Crippen MR) is 77.7 cm³/mol. The molecule has 0 saturated carbocycles. The molecule has 6 nitrogen and oxygen atoms in total. The number of nitrogens with zero attached hydrogens (tertiary/aromatic N) is 3. The Bertz CT molecular complexity index is 704. The van der Waals surface area contributed by atoms with E-state index in [0.29, 0.717) is 5.82 Å². The predicted octanol–water partition coefficient (Wildman–Crippen LogP) is 1.73. The SMILES string of the molecule is Cc1cc(C(=O)NC2COCC(F)(F)C2)nc(-n2ccnc2)c1. The molecule has 23 heavy (non-hydrogen) atoms. The van der Waals surface area contributed by atoms with Gasteiger partial charge in [0.05, 0.1) is 12.6 Å². The third kappa shape index (κ3) is 3.70. The Morgan fingerprint density at radius 2 is 2.30 bits per heavy atom. The van der Waals surface area contributed by atoms with Crippen molar-refractivity contribution < 1.29 is 18.3 Å². The lowest BCUT2D eigenvalue weighted by Gasteiger charge is -2.29. The zero-order valence-electron chi connectivity index (χ0n) is 12.5. The summed E-state index contributed by atoms with van der Waals surface area (Å²) in [5, 5.41) is 2.56. The fourth-order valence-electron chi connectivity index (χ4n) is 2.47. The first kappa shape index (κ1) is 15.5. The number of carbonyl (C=O) groups excluding carboxylic acids is 1. The van der Waals surface area contributed by atoms with Crippen molar-refractivity contribution in [1.82, 2.24) is 19.9 Å². The zero-order chi connectivity index (χ0) is 16.4. The number of nitrogens with one attached hydrogen (secondary N) is 1. The second-order valence-corrected chi connectivity index (χ2v) is 5.60. The lowest BCUT2D eigenvalue weighted by molar-refractivity contribution is -0.124. The van der Waals surface area contributed by atoms with Crippen LogP contribution in [0.3, 0.4) is 0 Å². The summed E-state index contributed by atoms with van der Waals surface area (Å²) in [6, 6.07) is 2.68. The summed E-state index contributed by atoms with van der Waals surface area (Å²) in [4.78, 5) is 20.5. The molecule has 122 valence electrons. The smallest absolute Gasteiger partial charge is 0.273 e. The molecule has 1 aliphatic rings. The second kappa shape index (κ2) is 6.04. The van der Waals surface area contributed by atoms with Crippen LogP contribution in [0.1, 0.15) is 22.5 Å². The first-order valence-corrected chi connectivity index (χ1v) is 7.16. The number of hydrogen-bond donors (Lipinski definition) is 1. The maximum absolute atomic E-state index is 13.3. The molecule has 2 aromatic heterocycles. The van der Waals surface area contributed by atoms with Crippen LogP contribution >= 0.6 is 0 Å². The first-order chi connectivity index (χ1) is 10.9. The number of alkyl halides is 2. The average molecular weight is 322 g/mol. The molecule has 8 heteroatoms. The lowest BCUT2D eigenvalue weighted by atomic mass is 10.1. The van der Waals surface area contributed by atoms with Crippen molar-refractivity contribution in [2.45, 2.75) is 25.3 Å². The van der Waals surface area contributed by atoms with Gasteiger partial charge < -0.3 is 10.1 Å². The number of aryl methyl sites for hydroxylation is 1. The van der Waals surface area contributed by atoms with Gasteiger partial charge in [0.1, 0.15) is 24.4 Å². The fourth-order valence-corrected chi connectivity index (χ4v) is 2.47. The Labute approximate surface area is 131 Å². The van der Waals surface area contributed by atoms with Gasteiger partial charge in [0.2, 0.25) is 0 Å². The molecule has 1 atom stereocenters. The summed E-state index contributed by atoms with van der Waals surface area (Å²) < 4.78 is 33.1. The third-order valence-corrected chi connectivity index (χ3v) is 3.47. The Morgan fingerprint density at radius 1 is 1.48 bits per heavy atom. The maximum Gasteiger partial charge on any atom is 0.273 e. The zero-order valence-corrected chi connectivity index (χ0v) is 12.5. The standard InChI is InChI=1S/C15H16F2N4O2/c1-10-4-12(20-13(5-10)21-3-2-18-9-21)14(22)19-11-6-15(16,17)8-23-7-11/h2-5,9,11H,6-8H2,1H3,(H,19,22). The lowest BCUT2D eigenvalue weighted by Crippen LogP contribution is -2.47. The minimum absolute atomic E-state index is 0.0710. The van der Waals surface area contributed by atoms with Gasteiger partial charge >= 0.3 is 0 Å². The van der Waals surface area contributed by atoms with Crippen LogP contribution in [0.4, 0.5) is 8.78 Å². The molecule has 3 heterocycles. The Hall–Kier alpha value is -2.35. The van der Waals surface area contributed by atoms with Crippen molar-refractivity contribution in [3.8, 4) is 5.82 Å². The molecule has 2 aromatic rings. The number of imidazole rings is 1. The highest BCUT2D eigenvalue weighted by atomic mass is 19.3. The molecule has 1 N–H and O–H groups in total. The highest BCUT2D eigenvalue weighted by Crippen LogP contribution is 2.25. The van der Waals surface area contributed by atoms with Crippen LogP contribution in [0.2, 0.25) is 0 Å². The van der Waals surface area contributed by atoms with Crippen molar-refractivity contribution in [1.29, 1.82) is 0 Å². The van der Waals surface area contributed by atoms with Gasteiger partial charge in [0, 0.05) is 18.8 Å². The largest absolute Gasteiger partial charge is 0.373 e. The van der Waals surface area contributed by atoms with E-state index in [-0.39, 0.29) is 12.3 Å². The first-order valence-electron chi connectivity index (χ1n) is 7.16. The van der Waals surface area contributed by atoms with Crippen molar-refractivity contribution in [2.24, 2.45) is 0 Å². The summed E-state index contributed by atoms with van der Waals surface area (Å²) in [5.41, 5.74) is 1.00. The van der Waals surface area contributed by atoms with E-state index in [1.54, 1.807) is 35.4 Å². The third-order valence-electron chi connectivity index (χ3n) is 3.47. The van der Waals surface area contributed by atoms with Gasteiger partial charge in [-0.15, -0.1) is 0 Å². The molecule has 1 fully saturated rings. The van der Waals surface area contributed by atoms with E-state index in [9.17, 15) is 13.6 Å². The summed E-state index contributed by atoms with van der Waals surface area (Å²) >= 11 is 0. The molecule has 0 radical (unpaired) electrons. The van der Waals surface area contributed by atoms with E-state index in [0.717, 1.165) is 5.56 Å². The number of pyridine rings is 1. The Morgan fingerprint density at radius 3 is 3.00 bits per heavy atom. The number of ether oxygens (including phenoxy) is 1. The van der Waals surface area contributed by atoms with Gasteiger partial charge in [-0.1, -0.05) is 0 Å². The van der Waals surface area contributed by atoms with Crippen LogP contribution in [0, 0.1) is 6.92 Å². The highest BCUT2D eigenvalue weighted by molar-refractivity contribution is 5.92. The van der Waals surface area contributed by atoms with E-state index < -0.39 is 30.9 Å². The van der Waals surface area contributed by atoms with E-state index in [1.165, 1.54) is 0 Å².